The average Bonchev–Trinajstić information content (AvgIpc) is 2.52. The molecule has 0 fully saturated rings. The molecular formula is C19H39CrNSi2. The van der Waals surface area contributed by atoms with E-state index < -0.39 is 14.9 Å². The quantitative estimate of drug-likeness (QED) is 0.539. The zero-order valence-corrected chi connectivity index (χ0v) is 20.7. The number of nitrogens with one attached hydrogen (secondary N) is 1. The standard InChI is InChI=1S/C15H28NSi.C4H11Si.Cr/c1-10-11(2)13(4)14(12(10)3)9-17(8)16-15(5,6)7;1-5(2,3)4;/h12,16H,9H2,1-8H3;1H2,2-4H3;. The Kier molecular flexibility index (Phi) is 6.84. The van der Waals surface area contributed by atoms with E-state index in [2.05, 4.69) is 79.6 Å². The van der Waals surface area contributed by atoms with E-state index in [-0.39, 0.29) is 5.54 Å². The zero-order chi connectivity index (χ0) is 18.2. The van der Waals surface area contributed by atoms with E-state index in [4.69, 9.17) is 0 Å². The second-order valence-electron chi connectivity index (χ2n) is 9.81. The zero-order valence-electron chi connectivity index (χ0n) is 17.4. The Bertz CT molecular complexity index is 508. The molecule has 1 nitrogen and oxygen atoms in total. The van der Waals surface area contributed by atoms with Crippen molar-refractivity contribution in [3.05, 3.63) is 22.3 Å². The summed E-state index contributed by atoms with van der Waals surface area (Å²) in [4.78, 5) is 5.65. The van der Waals surface area contributed by atoms with Crippen LogP contribution in [0.2, 0.25) is 37.1 Å². The molecule has 0 heterocycles. The van der Waals surface area contributed by atoms with E-state index in [1.807, 2.05) is 0 Å². The van der Waals surface area contributed by atoms with Crippen LogP contribution in [0.1, 0.15) is 48.5 Å². The van der Waals surface area contributed by atoms with Crippen molar-refractivity contribution in [3.63, 3.8) is 0 Å². The second kappa shape index (κ2) is 7.34. The average molecular weight is 390 g/mol. The van der Waals surface area contributed by atoms with Crippen LogP contribution in [-0.4, -0.2) is 20.4 Å². The van der Waals surface area contributed by atoms with Crippen LogP contribution in [0, 0.1) is 5.92 Å². The van der Waals surface area contributed by atoms with Gasteiger partial charge in [0.1, 0.15) is 0 Å². The van der Waals surface area contributed by atoms with Gasteiger partial charge in [0.25, 0.3) is 0 Å². The van der Waals surface area contributed by atoms with Crippen LogP contribution < -0.4 is 4.98 Å². The van der Waals surface area contributed by atoms with Crippen molar-refractivity contribution in [3.8, 4) is 0 Å². The third-order valence-corrected chi connectivity index (χ3v) is 19.4. The molecule has 4 heteroatoms. The number of allylic oxidation sites excluding steroid dienone is 4. The molecule has 0 aromatic heterocycles. The van der Waals surface area contributed by atoms with E-state index >= 15 is 0 Å². The Labute approximate surface area is 153 Å². The van der Waals surface area contributed by atoms with Gasteiger partial charge in [-0.3, -0.25) is 0 Å². The minimum atomic E-state index is -1.44. The summed E-state index contributed by atoms with van der Waals surface area (Å²) in [5.41, 5.74) is 6.71. The van der Waals surface area contributed by atoms with Crippen molar-refractivity contribution in [1.82, 2.24) is 4.98 Å². The molecule has 134 valence electrons. The Morgan fingerprint density at radius 1 is 1.00 bits per heavy atom. The van der Waals surface area contributed by atoms with Gasteiger partial charge in [-0.1, -0.05) is 0 Å². The topological polar surface area (TPSA) is 12.0 Å². The van der Waals surface area contributed by atoms with Crippen LogP contribution in [0.25, 0.3) is 0 Å². The Morgan fingerprint density at radius 3 is 1.87 bits per heavy atom. The predicted molar refractivity (Wildman–Crippen MR) is 108 cm³/mol. The first-order valence-electron chi connectivity index (χ1n) is 8.96. The molecule has 23 heavy (non-hydrogen) atoms. The molecule has 0 aliphatic heterocycles. The van der Waals surface area contributed by atoms with Crippen LogP contribution in [0.4, 0.5) is 0 Å². The summed E-state index contributed by atoms with van der Waals surface area (Å²) >= 11 is 0.766. The van der Waals surface area contributed by atoms with Crippen LogP contribution in [0.3, 0.4) is 0 Å². The number of hydrogen-bond donors (Lipinski definition) is 1. The summed E-state index contributed by atoms with van der Waals surface area (Å²) in [7, 11) is -0.963. The molecule has 0 amide bonds. The van der Waals surface area contributed by atoms with Gasteiger partial charge in [-0.15, -0.1) is 0 Å². The summed E-state index contributed by atoms with van der Waals surface area (Å²) in [6.07, 6.45) is 0. The molecule has 0 bridgehead atoms. The molecule has 1 N–H and O–H groups in total. The van der Waals surface area contributed by atoms with Crippen LogP contribution >= 0.6 is 0 Å². The van der Waals surface area contributed by atoms with Gasteiger partial charge in [-0.2, -0.15) is 0 Å². The first-order valence-corrected chi connectivity index (χ1v) is 18.1. The van der Waals surface area contributed by atoms with Gasteiger partial charge >= 0.3 is 154 Å². The van der Waals surface area contributed by atoms with Crippen molar-refractivity contribution in [2.75, 3.05) is 0 Å². The Balaban J connectivity index is 3.03. The molecule has 0 radical (unpaired) electrons. The van der Waals surface area contributed by atoms with Crippen molar-refractivity contribution in [2.45, 2.75) is 91.1 Å². The molecule has 1 aliphatic carbocycles. The van der Waals surface area contributed by atoms with Gasteiger partial charge in [0, 0.05) is 0 Å². The van der Waals surface area contributed by atoms with Gasteiger partial charge in [0.05, 0.1) is 0 Å². The van der Waals surface area contributed by atoms with Crippen molar-refractivity contribution >= 4 is 14.9 Å². The van der Waals surface area contributed by atoms with E-state index in [1.165, 1.54) is 11.0 Å². The molecule has 2 unspecified atom stereocenters. The summed E-state index contributed by atoms with van der Waals surface area (Å²) in [5, 5.41) is 0. The summed E-state index contributed by atoms with van der Waals surface area (Å²) in [6, 6.07) is 1.34. The van der Waals surface area contributed by atoms with Gasteiger partial charge < -0.3 is 0 Å². The first kappa shape index (κ1) is 21.4. The molecular weight excluding hydrogens is 350 g/mol. The number of rotatable bonds is 6. The molecule has 2 atom stereocenters. The fourth-order valence-electron chi connectivity index (χ4n) is 3.40. The fourth-order valence-corrected chi connectivity index (χ4v) is 23.1. The fraction of sp³-hybridized carbons (Fsp3) is 0.789. The van der Waals surface area contributed by atoms with Gasteiger partial charge in [-0.25, -0.2) is 0 Å². The molecule has 0 aromatic rings. The molecule has 0 saturated heterocycles. The van der Waals surface area contributed by atoms with Crippen LogP contribution in [-0.2, 0) is 14.6 Å². The summed E-state index contributed by atoms with van der Waals surface area (Å²) in [6.45, 7) is 25.2. The molecule has 0 aromatic carbocycles. The SMILES string of the molecule is CC1=C(C)C(C)C(C[Si](C)(NC(C)(C)C)[Cr][CH2][Si](C)(C)C)=C1C. The molecule has 1 rings (SSSR count). The molecule has 0 saturated carbocycles. The Hall–Kier alpha value is 0.406. The Morgan fingerprint density at radius 2 is 1.52 bits per heavy atom. The number of hydrogen-bond acceptors (Lipinski definition) is 1. The molecule has 0 spiro atoms. The summed E-state index contributed by atoms with van der Waals surface area (Å²) < 4.78 is 0. The van der Waals surface area contributed by atoms with Gasteiger partial charge in [-0.05, 0) is 0 Å². The van der Waals surface area contributed by atoms with Crippen molar-refractivity contribution in [2.24, 2.45) is 5.92 Å². The van der Waals surface area contributed by atoms with E-state index in [0.29, 0.717) is 5.92 Å². The third kappa shape index (κ3) is 6.33. The maximum absolute atomic E-state index is 4.14. The van der Waals surface area contributed by atoms with Crippen molar-refractivity contribution in [1.29, 1.82) is 0 Å². The first-order chi connectivity index (χ1) is 10.2. The van der Waals surface area contributed by atoms with Crippen molar-refractivity contribution < 1.29 is 14.6 Å². The van der Waals surface area contributed by atoms with Gasteiger partial charge in [0.15, 0.2) is 0 Å². The normalized spacial score (nSPS) is 22.8. The van der Waals surface area contributed by atoms with E-state index in [0.717, 1.165) is 14.6 Å². The second-order valence-corrected chi connectivity index (χ2v) is 25.5. The van der Waals surface area contributed by atoms with Crippen LogP contribution in [0.15, 0.2) is 22.3 Å². The maximum atomic E-state index is 4.14. The molecule has 1 aliphatic rings. The third-order valence-electron chi connectivity index (χ3n) is 4.80. The van der Waals surface area contributed by atoms with E-state index in [1.54, 1.807) is 22.3 Å². The predicted octanol–water partition coefficient (Wildman–Crippen LogP) is 6.13. The monoisotopic (exact) mass is 389 g/mol. The summed E-state index contributed by atoms with van der Waals surface area (Å²) in [5.74, 6) is 0.659. The van der Waals surface area contributed by atoms with Crippen LogP contribution in [0.5, 0.6) is 0 Å². The van der Waals surface area contributed by atoms with E-state index in [9.17, 15) is 0 Å². The minimum absolute atomic E-state index is 0.232. The van der Waals surface area contributed by atoms with Gasteiger partial charge in [0.2, 0.25) is 0 Å².